The lowest BCUT2D eigenvalue weighted by atomic mass is 10.1. The van der Waals surface area contributed by atoms with Crippen molar-refractivity contribution in [3.8, 4) is 0 Å². The van der Waals surface area contributed by atoms with Crippen molar-refractivity contribution in [1.29, 1.82) is 0 Å². The Balaban J connectivity index is 1.99. The van der Waals surface area contributed by atoms with E-state index in [1.165, 1.54) is 11.1 Å². The van der Waals surface area contributed by atoms with Gasteiger partial charge >= 0.3 is 0 Å². The van der Waals surface area contributed by atoms with Crippen molar-refractivity contribution in [3.63, 3.8) is 0 Å². The van der Waals surface area contributed by atoms with Crippen LogP contribution in [0.4, 0.5) is 5.69 Å². The molecule has 0 aliphatic carbocycles. The Kier molecular flexibility index (Phi) is 6.05. The van der Waals surface area contributed by atoms with Gasteiger partial charge in [-0.1, -0.05) is 53.0 Å². The zero-order valence-electron chi connectivity index (χ0n) is 13.4. The summed E-state index contributed by atoms with van der Waals surface area (Å²) < 4.78 is 0. The molecule has 2 rings (SSSR count). The first kappa shape index (κ1) is 17.8. The van der Waals surface area contributed by atoms with E-state index in [9.17, 15) is 4.79 Å². The molecule has 0 spiro atoms. The van der Waals surface area contributed by atoms with Gasteiger partial charge in [-0.25, -0.2) is 0 Å². The molecule has 0 saturated carbocycles. The molecule has 5 heteroatoms. The summed E-state index contributed by atoms with van der Waals surface area (Å²) >= 11 is 12.0. The number of hydrogen-bond donors (Lipinski definition) is 1. The van der Waals surface area contributed by atoms with Crippen molar-refractivity contribution in [3.05, 3.63) is 63.6 Å². The van der Waals surface area contributed by atoms with Crippen LogP contribution in [0.1, 0.15) is 18.1 Å². The number of nitrogens with zero attached hydrogens (tertiary/aromatic N) is 1. The van der Waals surface area contributed by atoms with Crippen LogP contribution in [-0.2, 0) is 11.3 Å². The minimum absolute atomic E-state index is 0.108. The second-order valence-electron chi connectivity index (χ2n) is 5.69. The average Bonchev–Trinajstić information content (AvgIpc) is 2.51. The smallest absolute Gasteiger partial charge is 0.241 e. The molecular weight excluding hydrogens is 331 g/mol. The predicted octanol–water partition coefficient (Wildman–Crippen LogP) is 4.76. The summed E-state index contributed by atoms with van der Waals surface area (Å²) in [4.78, 5) is 14.4. The Morgan fingerprint density at radius 1 is 1.17 bits per heavy atom. The molecule has 0 heterocycles. The van der Waals surface area contributed by atoms with Gasteiger partial charge in [0.15, 0.2) is 0 Å². The Morgan fingerprint density at radius 2 is 1.83 bits per heavy atom. The van der Waals surface area contributed by atoms with E-state index in [4.69, 9.17) is 23.2 Å². The van der Waals surface area contributed by atoms with Crippen LogP contribution in [0.25, 0.3) is 0 Å². The van der Waals surface area contributed by atoms with Crippen molar-refractivity contribution in [1.82, 2.24) is 4.90 Å². The molecule has 0 aliphatic heterocycles. The maximum absolute atomic E-state index is 12.4. The molecule has 122 valence electrons. The fraction of sp³-hybridized carbons (Fsp3) is 0.278. The van der Waals surface area contributed by atoms with Gasteiger partial charge in [-0.2, -0.15) is 0 Å². The largest absolute Gasteiger partial charge is 0.323 e. The lowest BCUT2D eigenvalue weighted by Gasteiger charge is -2.24. The van der Waals surface area contributed by atoms with E-state index in [1.807, 2.05) is 18.9 Å². The van der Waals surface area contributed by atoms with Gasteiger partial charge in [-0.15, -0.1) is 0 Å². The fourth-order valence-electron chi connectivity index (χ4n) is 2.15. The van der Waals surface area contributed by atoms with Crippen molar-refractivity contribution in [2.45, 2.75) is 26.4 Å². The molecular formula is C18H20Cl2N2O. The molecule has 0 aromatic heterocycles. The minimum Gasteiger partial charge on any atom is -0.323 e. The van der Waals surface area contributed by atoms with Crippen molar-refractivity contribution >= 4 is 34.8 Å². The number of anilines is 1. The highest BCUT2D eigenvalue weighted by Gasteiger charge is 2.19. The number of likely N-dealkylation sites (N-methyl/N-ethyl adjacent to an activating group) is 1. The van der Waals surface area contributed by atoms with Gasteiger partial charge < -0.3 is 5.32 Å². The van der Waals surface area contributed by atoms with Gasteiger partial charge in [-0.3, -0.25) is 9.69 Å². The highest BCUT2D eigenvalue weighted by atomic mass is 35.5. The molecule has 0 aliphatic rings. The molecule has 1 N–H and O–H groups in total. The van der Waals surface area contributed by atoms with E-state index < -0.39 is 0 Å². The van der Waals surface area contributed by atoms with Crippen molar-refractivity contribution in [2.75, 3.05) is 12.4 Å². The third-order valence-corrected chi connectivity index (χ3v) is 4.33. The van der Waals surface area contributed by atoms with E-state index in [-0.39, 0.29) is 11.9 Å². The predicted molar refractivity (Wildman–Crippen MR) is 97.2 cm³/mol. The first-order valence-electron chi connectivity index (χ1n) is 7.38. The Hall–Kier alpha value is -1.55. The van der Waals surface area contributed by atoms with Crippen LogP contribution in [-0.4, -0.2) is 23.9 Å². The normalized spacial score (nSPS) is 12.3. The maximum Gasteiger partial charge on any atom is 0.241 e. The van der Waals surface area contributed by atoms with Gasteiger partial charge in [0.2, 0.25) is 5.91 Å². The number of carbonyl (C=O) groups is 1. The molecule has 1 amide bonds. The molecule has 0 saturated heterocycles. The van der Waals surface area contributed by atoms with Crippen LogP contribution in [0, 0.1) is 6.92 Å². The Morgan fingerprint density at radius 3 is 2.43 bits per heavy atom. The van der Waals surface area contributed by atoms with E-state index >= 15 is 0 Å². The average molecular weight is 351 g/mol. The molecule has 0 radical (unpaired) electrons. The molecule has 2 aromatic rings. The van der Waals surface area contributed by atoms with Gasteiger partial charge in [0.25, 0.3) is 0 Å². The number of benzene rings is 2. The van der Waals surface area contributed by atoms with Crippen LogP contribution < -0.4 is 5.32 Å². The highest BCUT2D eigenvalue weighted by molar-refractivity contribution is 6.36. The highest BCUT2D eigenvalue weighted by Crippen LogP contribution is 2.25. The van der Waals surface area contributed by atoms with Crippen LogP contribution in [0.3, 0.4) is 0 Å². The van der Waals surface area contributed by atoms with Crippen LogP contribution in [0.5, 0.6) is 0 Å². The van der Waals surface area contributed by atoms with Gasteiger partial charge in [0.05, 0.1) is 16.8 Å². The van der Waals surface area contributed by atoms with Crippen LogP contribution >= 0.6 is 23.2 Å². The number of amides is 1. The zero-order chi connectivity index (χ0) is 17.0. The van der Waals surface area contributed by atoms with Crippen molar-refractivity contribution < 1.29 is 4.79 Å². The van der Waals surface area contributed by atoms with Gasteiger partial charge in [0.1, 0.15) is 0 Å². The number of halogens is 2. The minimum atomic E-state index is -0.289. The SMILES string of the molecule is Cc1ccc(CN(C)[C@@H](C)C(=O)Nc2ccc(Cl)cc2Cl)cc1. The van der Waals surface area contributed by atoms with Crippen LogP contribution in [0.15, 0.2) is 42.5 Å². The molecule has 3 nitrogen and oxygen atoms in total. The van der Waals surface area contributed by atoms with Gasteiger partial charge in [-0.05, 0) is 44.7 Å². The zero-order valence-corrected chi connectivity index (χ0v) is 14.9. The Bertz CT molecular complexity index is 686. The second-order valence-corrected chi connectivity index (χ2v) is 6.53. The summed E-state index contributed by atoms with van der Waals surface area (Å²) in [5.41, 5.74) is 2.96. The number of carbonyl (C=O) groups excluding carboxylic acids is 1. The van der Waals surface area contributed by atoms with E-state index in [1.54, 1.807) is 18.2 Å². The first-order valence-corrected chi connectivity index (χ1v) is 8.14. The summed E-state index contributed by atoms with van der Waals surface area (Å²) in [6.07, 6.45) is 0. The lowest BCUT2D eigenvalue weighted by Crippen LogP contribution is -2.39. The van der Waals surface area contributed by atoms with E-state index in [2.05, 4.69) is 36.5 Å². The second kappa shape index (κ2) is 7.82. The summed E-state index contributed by atoms with van der Waals surface area (Å²) in [7, 11) is 1.92. The summed E-state index contributed by atoms with van der Waals surface area (Å²) in [6.45, 7) is 4.62. The standard InChI is InChI=1S/C18H20Cl2N2O/c1-12-4-6-14(7-5-12)11-22(3)13(2)18(23)21-17-9-8-15(19)10-16(17)20/h4-10,13H,11H2,1-3H3,(H,21,23)/t13-/m0/s1. The van der Waals surface area contributed by atoms with Crippen LogP contribution in [0.2, 0.25) is 10.0 Å². The van der Waals surface area contributed by atoms with Gasteiger partial charge in [0, 0.05) is 11.6 Å². The topological polar surface area (TPSA) is 32.3 Å². The lowest BCUT2D eigenvalue weighted by molar-refractivity contribution is -0.120. The number of aryl methyl sites for hydroxylation is 1. The fourth-order valence-corrected chi connectivity index (χ4v) is 2.60. The quantitative estimate of drug-likeness (QED) is 0.842. The molecule has 2 aromatic carbocycles. The first-order chi connectivity index (χ1) is 10.9. The summed E-state index contributed by atoms with van der Waals surface area (Å²) in [5, 5.41) is 3.81. The van der Waals surface area contributed by atoms with E-state index in [0.29, 0.717) is 22.3 Å². The van der Waals surface area contributed by atoms with E-state index in [0.717, 1.165) is 0 Å². The third-order valence-electron chi connectivity index (χ3n) is 3.78. The summed E-state index contributed by atoms with van der Waals surface area (Å²) in [5.74, 6) is -0.108. The molecule has 1 atom stereocenters. The third kappa shape index (κ3) is 4.96. The summed E-state index contributed by atoms with van der Waals surface area (Å²) in [6, 6.07) is 13.0. The monoisotopic (exact) mass is 350 g/mol. The molecule has 0 fully saturated rings. The number of hydrogen-bond acceptors (Lipinski definition) is 2. The molecule has 0 unspecified atom stereocenters. The Labute approximate surface area is 147 Å². The molecule has 0 bridgehead atoms. The maximum atomic E-state index is 12.4. The number of nitrogens with one attached hydrogen (secondary N) is 1. The number of rotatable bonds is 5. The van der Waals surface area contributed by atoms with Crippen molar-refractivity contribution in [2.24, 2.45) is 0 Å². The molecule has 23 heavy (non-hydrogen) atoms.